The molecule has 1 saturated heterocycles. The second kappa shape index (κ2) is 12.8. The molecule has 0 unspecified atom stereocenters. The van der Waals surface area contributed by atoms with Crippen LogP contribution in [0.5, 0.6) is 0 Å². The molecule has 1 rings (SSSR count). The monoisotopic (exact) mass is 290 g/mol. The molecule has 1 fully saturated rings. The lowest BCUT2D eigenvalue weighted by atomic mass is 9.98. The Bertz CT molecular complexity index is 255. The molecule has 0 bridgehead atoms. The molecule has 7 heteroatoms. The Balaban J connectivity index is 0.00000110. The third kappa shape index (κ3) is 9.71. The highest BCUT2D eigenvalue weighted by atomic mass is 16.5. The molecule has 3 N–H and O–H groups in total. The zero-order valence-corrected chi connectivity index (χ0v) is 12.1. The van der Waals surface area contributed by atoms with Crippen molar-refractivity contribution in [2.24, 2.45) is 5.92 Å². The Hall–Kier alpha value is -1.18. The number of amides is 1. The van der Waals surface area contributed by atoms with Crippen LogP contribution in [0, 0.1) is 5.92 Å². The van der Waals surface area contributed by atoms with Gasteiger partial charge < -0.3 is 25.2 Å². The maximum absolute atomic E-state index is 11.3. The Morgan fingerprint density at radius 1 is 1.45 bits per heavy atom. The Labute approximate surface area is 119 Å². The average molecular weight is 290 g/mol. The maximum Gasteiger partial charge on any atom is 0.290 e. The van der Waals surface area contributed by atoms with Gasteiger partial charge in [-0.05, 0) is 31.8 Å². The fourth-order valence-electron chi connectivity index (χ4n) is 2.03. The number of nitrogens with zero attached hydrogens (tertiary/aromatic N) is 1. The largest absolute Gasteiger partial charge is 0.483 e. The van der Waals surface area contributed by atoms with Crippen molar-refractivity contribution in [2.75, 3.05) is 46.5 Å². The minimum absolute atomic E-state index is 0.0529. The molecule has 0 aromatic carbocycles. The zero-order chi connectivity index (χ0) is 15.2. The summed E-state index contributed by atoms with van der Waals surface area (Å²) in [5.41, 5.74) is 0. The standard InChI is InChI=1S/C12H24N2O3.CH2O2/c1-17-9-4-12(16)13-5-8-14-6-2-11(10-15)3-7-14;2-1-3/h11,15H,2-10H2,1H3,(H,13,16);1H,(H,2,3). The van der Waals surface area contributed by atoms with Gasteiger partial charge in [-0.25, -0.2) is 0 Å². The van der Waals surface area contributed by atoms with Gasteiger partial charge in [0.05, 0.1) is 6.61 Å². The molecular weight excluding hydrogens is 264 g/mol. The van der Waals surface area contributed by atoms with Gasteiger partial charge in [0.2, 0.25) is 5.91 Å². The summed E-state index contributed by atoms with van der Waals surface area (Å²) >= 11 is 0. The lowest BCUT2D eigenvalue weighted by Crippen LogP contribution is -2.40. The number of ether oxygens (including phenoxy) is 1. The first-order valence-corrected chi connectivity index (χ1v) is 6.84. The van der Waals surface area contributed by atoms with Crippen LogP contribution >= 0.6 is 0 Å². The molecule has 0 spiro atoms. The van der Waals surface area contributed by atoms with E-state index in [2.05, 4.69) is 10.2 Å². The van der Waals surface area contributed by atoms with Gasteiger partial charge in [0.15, 0.2) is 0 Å². The lowest BCUT2D eigenvalue weighted by Gasteiger charge is -2.30. The van der Waals surface area contributed by atoms with E-state index >= 15 is 0 Å². The highest BCUT2D eigenvalue weighted by Gasteiger charge is 2.17. The maximum atomic E-state index is 11.3. The minimum Gasteiger partial charge on any atom is -0.483 e. The van der Waals surface area contributed by atoms with E-state index in [1.165, 1.54) is 0 Å². The number of carboxylic acid groups (broad SMARTS) is 1. The minimum atomic E-state index is -0.250. The van der Waals surface area contributed by atoms with E-state index in [9.17, 15) is 4.79 Å². The van der Waals surface area contributed by atoms with Gasteiger partial charge in [0.1, 0.15) is 0 Å². The van der Waals surface area contributed by atoms with Crippen molar-refractivity contribution in [1.82, 2.24) is 10.2 Å². The summed E-state index contributed by atoms with van der Waals surface area (Å²) in [6.07, 6.45) is 2.56. The van der Waals surface area contributed by atoms with Gasteiger partial charge in [-0.2, -0.15) is 0 Å². The number of aliphatic hydroxyl groups is 1. The molecule has 7 nitrogen and oxygen atoms in total. The number of methoxy groups -OCH3 is 1. The number of aliphatic hydroxyl groups excluding tert-OH is 1. The molecule has 0 atom stereocenters. The summed E-state index contributed by atoms with van der Waals surface area (Å²) in [4.78, 5) is 22.0. The molecule has 0 saturated carbocycles. The molecule has 0 aromatic rings. The first kappa shape index (κ1) is 18.8. The van der Waals surface area contributed by atoms with Crippen molar-refractivity contribution in [3.8, 4) is 0 Å². The normalized spacial score (nSPS) is 16.1. The summed E-state index contributed by atoms with van der Waals surface area (Å²) in [6, 6.07) is 0. The summed E-state index contributed by atoms with van der Waals surface area (Å²) < 4.78 is 4.84. The number of rotatable bonds is 7. The first-order valence-electron chi connectivity index (χ1n) is 6.84. The Morgan fingerprint density at radius 2 is 2.05 bits per heavy atom. The highest BCUT2D eigenvalue weighted by molar-refractivity contribution is 5.75. The van der Waals surface area contributed by atoms with Crippen LogP contribution in [0.25, 0.3) is 0 Å². The van der Waals surface area contributed by atoms with E-state index in [-0.39, 0.29) is 12.4 Å². The van der Waals surface area contributed by atoms with Gasteiger partial charge in [-0.3, -0.25) is 9.59 Å². The van der Waals surface area contributed by atoms with E-state index < -0.39 is 0 Å². The molecule has 1 heterocycles. The third-order valence-electron chi connectivity index (χ3n) is 3.25. The fourth-order valence-corrected chi connectivity index (χ4v) is 2.03. The van der Waals surface area contributed by atoms with Crippen LogP contribution in [-0.2, 0) is 14.3 Å². The summed E-state index contributed by atoms with van der Waals surface area (Å²) in [7, 11) is 1.60. The molecule has 1 aliphatic heterocycles. The van der Waals surface area contributed by atoms with Crippen molar-refractivity contribution in [3.05, 3.63) is 0 Å². The fraction of sp³-hybridized carbons (Fsp3) is 0.846. The number of carbonyl (C=O) groups is 2. The van der Waals surface area contributed by atoms with Crippen LogP contribution in [0.1, 0.15) is 19.3 Å². The predicted molar refractivity (Wildman–Crippen MR) is 74.4 cm³/mol. The number of hydrogen-bond donors (Lipinski definition) is 3. The Kier molecular flexibility index (Phi) is 12.1. The van der Waals surface area contributed by atoms with E-state index in [1.54, 1.807) is 7.11 Å². The lowest BCUT2D eigenvalue weighted by molar-refractivity contribution is -0.123. The second-order valence-corrected chi connectivity index (χ2v) is 4.67. The van der Waals surface area contributed by atoms with Gasteiger partial charge in [-0.15, -0.1) is 0 Å². The topological polar surface area (TPSA) is 99.1 Å². The third-order valence-corrected chi connectivity index (χ3v) is 3.25. The van der Waals surface area contributed by atoms with Gasteiger partial charge in [0, 0.05) is 33.2 Å². The molecule has 1 aliphatic rings. The van der Waals surface area contributed by atoms with Gasteiger partial charge in [-0.1, -0.05) is 0 Å². The Morgan fingerprint density at radius 3 is 2.55 bits per heavy atom. The SMILES string of the molecule is COCCC(=O)NCCN1CCC(CO)CC1.O=CO. The predicted octanol–water partition coefficient (Wildman–Crippen LogP) is -0.456. The quantitative estimate of drug-likeness (QED) is 0.549. The summed E-state index contributed by atoms with van der Waals surface area (Å²) in [6.45, 7) is 4.19. The van der Waals surface area contributed by atoms with Crippen molar-refractivity contribution in [1.29, 1.82) is 0 Å². The summed E-state index contributed by atoms with van der Waals surface area (Å²) in [5, 5.41) is 18.8. The van der Waals surface area contributed by atoms with Crippen molar-refractivity contribution < 1.29 is 24.5 Å². The van der Waals surface area contributed by atoms with Crippen LogP contribution in [0.4, 0.5) is 0 Å². The zero-order valence-electron chi connectivity index (χ0n) is 12.1. The van der Waals surface area contributed by atoms with Crippen LogP contribution in [0.15, 0.2) is 0 Å². The number of carbonyl (C=O) groups excluding carboxylic acids is 1. The first-order chi connectivity index (χ1) is 9.67. The molecule has 20 heavy (non-hydrogen) atoms. The van der Waals surface area contributed by atoms with Crippen LogP contribution in [0.2, 0.25) is 0 Å². The molecular formula is C13H26N2O5. The molecule has 1 amide bonds. The number of likely N-dealkylation sites (tertiary alicyclic amines) is 1. The van der Waals surface area contributed by atoms with Gasteiger partial charge in [0.25, 0.3) is 6.47 Å². The smallest absolute Gasteiger partial charge is 0.290 e. The number of hydrogen-bond acceptors (Lipinski definition) is 5. The van der Waals surface area contributed by atoms with E-state index in [0.29, 0.717) is 32.1 Å². The van der Waals surface area contributed by atoms with Crippen LogP contribution in [0.3, 0.4) is 0 Å². The molecule has 0 radical (unpaired) electrons. The van der Waals surface area contributed by atoms with Crippen LogP contribution < -0.4 is 5.32 Å². The van der Waals surface area contributed by atoms with Crippen molar-refractivity contribution >= 4 is 12.4 Å². The average Bonchev–Trinajstić information content (AvgIpc) is 2.46. The number of nitrogens with one attached hydrogen (secondary N) is 1. The molecule has 118 valence electrons. The van der Waals surface area contributed by atoms with Gasteiger partial charge >= 0.3 is 0 Å². The van der Waals surface area contributed by atoms with E-state index in [1.807, 2.05) is 0 Å². The van der Waals surface area contributed by atoms with Crippen LogP contribution in [-0.4, -0.2) is 74.0 Å². The van der Waals surface area contributed by atoms with Crippen molar-refractivity contribution in [3.63, 3.8) is 0 Å². The number of piperidine rings is 1. The van der Waals surface area contributed by atoms with E-state index in [0.717, 1.165) is 32.5 Å². The molecule has 0 aromatic heterocycles. The highest BCUT2D eigenvalue weighted by Crippen LogP contribution is 2.15. The second-order valence-electron chi connectivity index (χ2n) is 4.67. The van der Waals surface area contributed by atoms with E-state index in [4.69, 9.17) is 19.7 Å². The van der Waals surface area contributed by atoms with Crippen molar-refractivity contribution in [2.45, 2.75) is 19.3 Å². The summed E-state index contributed by atoms with van der Waals surface area (Å²) in [5.74, 6) is 0.527. The molecule has 0 aliphatic carbocycles.